The summed E-state index contributed by atoms with van der Waals surface area (Å²) in [5.74, 6) is -0.662. The van der Waals surface area contributed by atoms with Crippen molar-refractivity contribution in [2.24, 2.45) is 0 Å². The molecule has 2 aromatic rings. The predicted molar refractivity (Wildman–Crippen MR) is 73.2 cm³/mol. The summed E-state index contributed by atoms with van der Waals surface area (Å²) in [6, 6.07) is 6.60. The van der Waals surface area contributed by atoms with Crippen LogP contribution in [0.2, 0.25) is 0 Å². The zero-order valence-corrected chi connectivity index (χ0v) is 11.0. The molecule has 0 unspecified atom stereocenters. The van der Waals surface area contributed by atoms with E-state index in [9.17, 15) is 9.59 Å². The minimum absolute atomic E-state index is 0.116. The lowest BCUT2D eigenvalue weighted by Crippen LogP contribution is -2.34. The van der Waals surface area contributed by atoms with Gasteiger partial charge in [0.15, 0.2) is 0 Å². The zero-order valence-electron chi connectivity index (χ0n) is 11.0. The molecule has 2 rings (SSSR count). The molecule has 0 radical (unpaired) electrons. The number of carbonyl (C=O) groups is 2. The molecule has 1 heterocycles. The molecule has 0 bridgehead atoms. The summed E-state index contributed by atoms with van der Waals surface area (Å²) in [5, 5.41) is 11.4. The molecule has 0 fully saturated rings. The van der Waals surface area contributed by atoms with Crippen molar-refractivity contribution in [3.63, 3.8) is 0 Å². The zero-order chi connectivity index (χ0) is 14.5. The molecule has 0 aliphatic carbocycles. The van der Waals surface area contributed by atoms with E-state index in [4.69, 9.17) is 5.11 Å². The van der Waals surface area contributed by atoms with Gasteiger partial charge in [-0.15, -0.1) is 0 Å². The smallest absolute Gasteiger partial charge is 0.305 e. The van der Waals surface area contributed by atoms with Crippen molar-refractivity contribution in [2.75, 3.05) is 0 Å². The van der Waals surface area contributed by atoms with E-state index in [0.717, 1.165) is 0 Å². The lowest BCUT2D eigenvalue weighted by Gasteiger charge is -2.13. The van der Waals surface area contributed by atoms with Crippen LogP contribution in [0, 0.1) is 0 Å². The SMILES string of the molecule is C[C@H](CC(=O)O)NC(=O)c1ccccc1-c1ncc[nH]1. The lowest BCUT2D eigenvalue weighted by atomic mass is 10.1. The first-order valence-electron chi connectivity index (χ1n) is 6.19. The van der Waals surface area contributed by atoms with Gasteiger partial charge in [-0.1, -0.05) is 18.2 Å². The van der Waals surface area contributed by atoms with Crippen molar-refractivity contribution >= 4 is 11.9 Å². The van der Waals surface area contributed by atoms with Gasteiger partial charge in [0.25, 0.3) is 5.91 Å². The first kappa shape index (κ1) is 13.8. The molecular weight excluding hydrogens is 258 g/mol. The van der Waals surface area contributed by atoms with Crippen LogP contribution >= 0.6 is 0 Å². The fourth-order valence-corrected chi connectivity index (χ4v) is 1.91. The fourth-order valence-electron chi connectivity index (χ4n) is 1.91. The molecule has 1 aromatic carbocycles. The van der Waals surface area contributed by atoms with Gasteiger partial charge in [0.2, 0.25) is 0 Å². The second-order valence-corrected chi connectivity index (χ2v) is 4.46. The van der Waals surface area contributed by atoms with Crippen molar-refractivity contribution < 1.29 is 14.7 Å². The Morgan fingerprint density at radius 2 is 2.15 bits per heavy atom. The first-order chi connectivity index (χ1) is 9.58. The number of aromatic amines is 1. The molecule has 6 nitrogen and oxygen atoms in total. The van der Waals surface area contributed by atoms with Crippen LogP contribution in [0.25, 0.3) is 11.4 Å². The van der Waals surface area contributed by atoms with Gasteiger partial charge in [0.05, 0.1) is 12.0 Å². The quantitative estimate of drug-likeness (QED) is 0.772. The predicted octanol–water partition coefficient (Wildman–Crippen LogP) is 1.67. The number of imidazole rings is 1. The van der Waals surface area contributed by atoms with E-state index in [1.165, 1.54) is 0 Å². The van der Waals surface area contributed by atoms with E-state index < -0.39 is 12.0 Å². The van der Waals surface area contributed by atoms with Crippen molar-refractivity contribution in [1.82, 2.24) is 15.3 Å². The van der Waals surface area contributed by atoms with Crippen molar-refractivity contribution in [1.29, 1.82) is 0 Å². The Morgan fingerprint density at radius 3 is 2.80 bits per heavy atom. The molecule has 20 heavy (non-hydrogen) atoms. The Balaban J connectivity index is 2.20. The van der Waals surface area contributed by atoms with Crippen LogP contribution in [0.1, 0.15) is 23.7 Å². The van der Waals surface area contributed by atoms with Gasteiger partial charge in [0.1, 0.15) is 5.82 Å². The first-order valence-corrected chi connectivity index (χ1v) is 6.19. The maximum absolute atomic E-state index is 12.2. The molecule has 1 amide bonds. The van der Waals surface area contributed by atoms with E-state index in [-0.39, 0.29) is 12.3 Å². The Hall–Kier alpha value is -2.63. The summed E-state index contributed by atoms with van der Waals surface area (Å²) < 4.78 is 0. The van der Waals surface area contributed by atoms with Crippen LogP contribution in [-0.2, 0) is 4.79 Å². The molecule has 0 saturated carbocycles. The van der Waals surface area contributed by atoms with Crippen LogP contribution in [0.3, 0.4) is 0 Å². The third kappa shape index (κ3) is 3.23. The van der Waals surface area contributed by atoms with Crippen LogP contribution < -0.4 is 5.32 Å². The van der Waals surface area contributed by atoms with E-state index >= 15 is 0 Å². The summed E-state index contributed by atoms with van der Waals surface area (Å²) >= 11 is 0. The van der Waals surface area contributed by atoms with Gasteiger partial charge in [-0.2, -0.15) is 0 Å². The average molecular weight is 273 g/mol. The molecule has 0 aliphatic rings. The molecule has 0 saturated heterocycles. The highest BCUT2D eigenvalue weighted by Gasteiger charge is 2.16. The molecule has 0 spiro atoms. The summed E-state index contributed by atoms with van der Waals surface area (Å²) in [5.41, 5.74) is 1.14. The number of carbonyl (C=O) groups excluding carboxylic acids is 1. The number of rotatable bonds is 5. The number of aromatic nitrogens is 2. The summed E-state index contributed by atoms with van der Waals surface area (Å²) in [4.78, 5) is 29.9. The summed E-state index contributed by atoms with van der Waals surface area (Å²) in [7, 11) is 0. The molecule has 1 aromatic heterocycles. The Kier molecular flexibility index (Phi) is 4.14. The molecule has 3 N–H and O–H groups in total. The van der Waals surface area contributed by atoms with Gasteiger partial charge in [-0.25, -0.2) is 4.98 Å². The number of carboxylic acids is 1. The van der Waals surface area contributed by atoms with Gasteiger partial charge in [0, 0.05) is 24.0 Å². The number of hydrogen-bond donors (Lipinski definition) is 3. The Bertz CT molecular complexity index is 608. The average Bonchev–Trinajstić information content (AvgIpc) is 2.91. The summed E-state index contributed by atoms with van der Waals surface area (Å²) in [6.07, 6.45) is 3.17. The van der Waals surface area contributed by atoms with Gasteiger partial charge < -0.3 is 15.4 Å². The molecule has 104 valence electrons. The number of carboxylic acid groups (broad SMARTS) is 1. The summed E-state index contributed by atoms with van der Waals surface area (Å²) in [6.45, 7) is 1.65. The molecule has 1 atom stereocenters. The molecule has 0 aliphatic heterocycles. The van der Waals surface area contributed by atoms with Crippen LogP contribution in [-0.4, -0.2) is 33.0 Å². The third-order valence-corrected chi connectivity index (χ3v) is 2.78. The van der Waals surface area contributed by atoms with Crippen LogP contribution in [0.15, 0.2) is 36.7 Å². The number of aliphatic carboxylic acids is 1. The molecule has 6 heteroatoms. The number of nitrogens with zero attached hydrogens (tertiary/aromatic N) is 1. The second-order valence-electron chi connectivity index (χ2n) is 4.46. The number of H-pyrrole nitrogens is 1. The van der Waals surface area contributed by atoms with Gasteiger partial charge in [-0.3, -0.25) is 9.59 Å². The number of hydrogen-bond acceptors (Lipinski definition) is 3. The second kappa shape index (κ2) is 6.01. The number of benzene rings is 1. The monoisotopic (exact) mass is 273 g/mol. The standard InChI is InChI=1S/C14H15N3O3/c1-9(8-12(18)19)17-14(20)11-5-3-2-4-10(11)13-15-6-7-16-13/h2-7,9H,8H2,1H3,(H,15,16)(H,17,20)(H,18,19)/t9-/m1/s1. The van der Waals surface area contributed by atoms with Gasteiger partial charge >= 0.3 is 5.97 Å². The lowest BCUT2D eigenvalue weighted by molar-refractivity contribution is -0.137. The van der Waals surface area contributed by atoms with Crippen LogP contribution in [0.4, 0.5) is 0 Å². The largest absolute Gasteiger partial charge is 0.481 e. The van der Waals surface area contributed by atoms with E-state index in [1.807, 2.05) is 6.07 Å². The highest BCUT2D eigenvalue weighted by molar-refractivity contribution is 6.00. The van der Waals surface area contributed by atoms with E-state index in [0.29, 0.717) is 17.0 Å². The highest BCUT2D eigenvalue weighted by Crippen LogP contribution is 2.19. The minimum atomic E-state index is -0.947. The minimum Gasteiger partial charge on any atom is -0.481 e. The maximum atomic E-state index is 12.2. The van der Waals surface area contributed by atoms with E-state index in [1.54, 1.807) is 37.5 Å². The van der Waals surface area contributed by atoms with Crippen molar-refractivity contribution in [2.45, 2.75) is 19.4 Å². The molecular formula is C14H15N3O3. The highest BCUT2D eigenvalue weighted by atomic mass is 16.4. The number of nitrogens with one attached hydrogen (secondary N) is 2. The van der Waals surface area contributed by atoms with E-state index in [2.05, 4.69) is 15.3 Å². The van der Waals surface area contributed by atoms with Crippen molar-refractivity contribution in [3.8, 4) is 11.4 Å². The topological polar surface area (TPSA) is 95.1 Å². The third-order valence-electron chi connectivity index (χ3n) is 2.78. The van der Waals surface area contributed by atoms with Gasteiger partial charge in [-0.05, 0) is 13.0 Å². The maximum Gasteiger partial charge on any atom is 0.305 e. The number of amides is 1. The van der Waals surface area contributed by atoms with Crippen LogP contribution in [0.5, 0.6) is 0 Å². The Morgan fingerprint density at radius 1 is 1.40 bits per heavy atom. The normalized spacial score (nSPS) is 11.8. The van der Waals surface area contributed by atoms with Crippen molar-refractivity contribution in [3.05, 3.63) is 42.2 Å². The fraction of sp³-hybridized carbons (Fsp3) is 0.214. The Labute approximate surface area is 115 Å².